The van der Waals surface area contributed by atoms with Crippen molar-refractivity contribution in [1.29, 1.82) is 0 Å². The van der Waals surface area contributed by atoms with Gasteiger partial charge >= 0.3 is 6.18 Å². The molecule has 0 aliphatic rings. The van der Waals surface area contributed by atoms with Gasteiger partial charge in [-0.1, -0.05) is 12.1 Å². The molecule has 28 heavy (non-hydrogen) atoms. The van der Waals surface area contributed by atoms with Crippen molar-refractivity contribution in [3.63, 3.8) is 0 Å². The first-order valence-corrected chi connectivity index (χ1v) is 9.47. The number of nitrogens with zero attached hydrogens (tertiary/aromatic N) is 1. The zero-order chi connectivity index (χ0) is 19.9. The summed E-state index contributed by atoms with van der Waals surface area (Å²) < 4.78 is 44.1. The molecule has 0 unspecified atom stereocenters. The van der Waals surface area contributed by atoms with Crippen molar-refractivity contribution >= 4 is 22.2 Å². The number of benzene rings is 2. The van der Waals surface area contributed by atoms with Gasteiger partial charge in [-0.15, -0.1) is 11.3 Å². The number of thiazole rings is 1. The second kappa shape index (κ2) is 6.98. The molecule has 0 radical (unpaired) electrons. The fourth-order valence-corrected chi connectivity index (χ4v) is 3.96. The normalized spacial score (nSPS) is 11.9. The molecular weight excluding hydrogens is 385 g/mol. The van der Waals surface area contributed by atoms with Crippen LogP contribution in [0.1, 0.15) is 21.7 Å². The van der Waals surface area contributed by atoms with Crippen LogP contribution >= 0.6 is 11.3 Å². The molecule has 3 nitrogen and oxygen atoms in total. The highest BCUT2D eigenvalue weighted by Crippen LogP contribution is 2.33. The predicted octanol–water partition coefficient (Wildman–Crippen LogP) is 6.51. The highest BCUT2D eigenvalue weighted by atomic mass is 32.1. The lowest BCUT2D eigenvalue weighted by atomic mass is 10.1. The smallest absolute Gasteiger partial charge is 0.416 e. The Morgan fingerprint density at radius 1 is 1.07 bits per heavy atom. The van der Waals surface area contributed by atoms with Crippen molar-refractivity contribution in [2.24, 2.45) is 0 Å². The van der Waals surface area contributed by atoms with Crippen LogP contribution in [0, 0.1) is 13.8 Å². The van der Waals surface area contributed by atoms with E-state index < -0.39 is 11.7 Å². The van der Waals surface area contributed by atoms with E-state index in [1.54, 1.807) is 0 Å². The van der Waals surface area contributed by atoms with E-state index in [0.29, 0.717) is 17.2 Å². The molecule has 4 rings (SSSR count). The van der Waals surface area contributed by atoms with Gasteiger partial charge in [0, 0.05) is 28.7 Å². The predicted molar refractivity (Wildman–Crippen MR) is 105 cm³/mol. The first kappa shape index (κ1) is 18.6. The molecule has 144 valence electrons. The fourth-order valence-electron chi connectivity index (χ4n) is 2.98. The van der Waals surface area contributed by atoms with Gasteiger partial charge in [-0.2, -0.15) is 13.2 Å². The van der Waals surface area contributed by atoms with Crippen LogP contribution in [0.2, 0.25) is 0 Å². The van der Waals surface area contributed by atoms with E-state index in [9.17, 15) is 13.2 Å². The van der Waals surface area contributed by atoms with Crippen LogP contribution in [-0.4, -0.2) is 9.97 Å². The molecule has 0 saturated heterocycles. The number of rotatable bonds is 4. The molecule has 0 amide bonds. The van der Waals surface area contributed by atoms with Gasteiger partial charge in [0.2, 0.25) is 0 Å². The number of ether oxygens (including phenoxy) is 1. The number of alkyl halides is 3. The Morgan fingerprint density at radius 2 is 1.82 bits per heavy atom. The minimum atomic E-state index is -4.34. The monoisotopic (exact) mass is 402 g/mol. The number of hydrogen-bond donors (Lipinski definition) is 1. The fraction of sp³-hybridized carbons (Fsp3) is 0.190. The summed E-state index contributed by atoms with van der Waals surface area (Å²) in [5.74, 6) is 0.748. The van der Waals surface area contributed by atoms with Gasteiger partial charge in [0.1, 0.15) is 17.4 Å². The third-order valence-electron chi connectivity index (χ3n) is 4.58. The number of fused-ring (bicyclic) bond motifs is 1. The lowest BCUT2D eigenvalue weighted by molar-refractivity contribution is -0.137. The Bertz CT molecular complexity index is 1130. The first-order valence-electron chi connectivity index (χ1n) is 8.66. The lowest BCUT2D eigenvalue weighted by Gasteiger charge is -2.06. The standard InChI is InChI=1S/C21H17F3N2OS/c1-12-10-25-18-9-16(7-8-17(12)18)27-11-19-13(2)26-20(28-19)14-3-5-15(6-4-14)21(22,23)24/h3-10,25H,11H2,1-2H3. The van der Waals surface area contributed by atoms with Gasteiger partial charge in [-0.3, -0.25) is 0 Å². The van der Waals surface area contributed by atoms with Gasteiger partial charge < -0.3 is 9.72 Å². The van der Waals surface area contributed by atoms with Crippen LogP contribution in [0.15, 0.2) is 48.7 Å². The third kappa shape index (κ3) is 3.62. The highest BCUT2D eigenvalue weighted by molar-refractivity contribution is 7.15. The summed E-state index contributed by atoms with van der Waals surface area (Å²) >= 11 is 1.43. The molecule has 0 spiro atoms. The average molecular weight is 402 g/mol. The first-order chi connectivity index (χ1) is 13.3. The molecule has 0 aliphatic carbocycles. The van der Waals surface area contributed by atoms with E-state index in [4.69, 9.17) is 4.74 Å². The minimum absolute atomic E-state index is 0.356. The Hall–Kier alpha value is -2.80. The average Bonchev–Trinajstić information content (AvgIpc) is 3.22. The number of hydrogen-bond acceptors (Lipinski definition) is 3. The van der Waals surface area contributed by atoms with Gasteiger partial charge in [0.05, 0.1) is 16.1 Å². The number of H-pyrrole nitrogens is 1. The molecule has 0 bridgehead atoms. The van der Waals surface area contributed by atoms with Crippen molar-refractivity contribution in [2.75, 3.05) is 0 Å². The second-order valence-corrected chi connectivity index (χ2v) is 7.65. The molecular formula is C21H17F3N2OS. The van der Waals surface area contributed by atoms with Crippen molar-refractivity contribution in [3.05, 3.63) is 70.4 Å². The number of halogens is 3. The molecule has 4 aromatic rings. The SMILES string of the molecule is Cc1nc(-c2ccc(C(F)(F)F)cc2)sc1COc1ccc2c(C)c[nH]c2c1. The maximum absolute atomic E-state index is 12.7. The molecule has 2 aromatic heterocycles. The van der Waals surface area contributed by atoms with E-state index in [-0.39, 0.29) is 0 Å². The molecule has 7 heteroatoms. The summed E-state index contributed by atoms with van der Waals surface area (Å²) in [5.41, 5.74) is 3.01. The largest absolute Gasteiger partial charge is 0.488 e. The molecule has 2 heterocycles. The summed E-state index contributed by atoms with van der Waals surface area (Å²) in [6, 6.07) is 11.0. The molecule has 0 aliphatic heterocycles. The van der Waals surface area contributed by atoms with E-state index in [1.807, 2.05) is 38.2 Å². The van der Waals surface area contributed by atoms with Gasteiger partial charge in [-0.05, 0) is 43.7 Å². The molecule has 2 aromatic carbocycles. The quantitative estimate of drug-likeness (QED) is 0.423. The Labute approximate surface area is 163 Å². The Balaban J connectivity index is 1.50. The molecule has 1 N–H and O–H groups in total. The van der Waals surface area contributed by atoms with Crippen molar-refractivity contribution in [2.45, 2.75) is 26.6 Å². The van der Waals surface area contributed by atoms with Crippen LogP contribution in [0.5, 0.6) is 5.75 Å². The summed E-state index contributed by atoms with van der Waals surface area (Å²) in [6.45, 7) is 4.28. The zero-order valence-corrected chi connectivity index (χ0v) is 16.0. The zero-order valence-electron chi connectivity index (χ0n) is 15.2. The van der Waals surface area contributed by atoms with E-state index in [0.717, 1.165) is 39.4 Å². The van der Waals surface area contributed by atoms with Crippen LogP contribution in [-0.2, 0) is 12.8 Å². The Kier molecular flexibility index (Phi) is 4.63. The van der Waals surface area contributed by atoms with Crippen molar-refractivity contribution < 1.29 is 17.9 Å². The highest BCUT2D eigenvalue weighted by Gasteiger charge is 2.30. The number of aromatic amines is 1. The van der Waals surface area contributed by atoms with Gasteiger partial charge in [-0.25, -0.2) is 4.98 Å². The number of aryl methyl sites for hydroxylation is 2. The van der Waals surface area contributed by atoms with E-state index in [2.05, 4.69) is 9.97 Å². The molecule has 0 saturated carbocycles. The second-order valence-electron chi connectivity index (χ2n) is 6.57. The number of aromatic nitrogens is 2. The topological polar surface area (TPSA) is 37.9 Å². The minimum Gasteiger partial charge on any atom is -0.488 e. The van der Waals surface area contributed by atoms with Crippen LogP contribution in [0.4, 0.5) is 13.2 Å². The van der Waals surface area contributed by atoms with Crippen LogP contribution in [0.25, 0.3) is 21.5 Å². The van der Waals surface area contributed by atoms with Crippen molar-refractivity contribution in [1.82, 2.24) is 9.97 Å². The summed E-state index contributed by atoms with van der Waals surface area (Å²) in [7, 11) is 0. The summed E-state index contributed by atoms with van der Waals surface area (Å²) in [4.78, 5) is 8.64. The van der Waals surface area contributed by atoms with Crippen molar-refractivity contribution in [3.8, 4) is 16.3 Å². The lowest BCUT2D eigenvalue weighted by Crippen LogP contribution is -2.03. The summed E-state index contributed by atoms with van der Waals surface area (Å²) in [5, 5.41) is 1.84. The van der Waals surface area contributed by atoms with Gasteiger partial charge in [0.25, 0.3) is 0 Å². The Morgan fingerprint density at radius 3 is 2.54 bits per heavy atom. The van der Waals surface area contributed by atoms with E-state index >= 15 is 0 Å². The van der Waals surface area contributed by atoms with E-state index in [1.165, 1.54) is 29.0 Å². The van der Waals surface area contributed by atoms with Crippen LogP contribution in [0.3, 0.4) is 0 Å². The summed E-state index contributed by atoms with van der Waals surface area (Å²) in [6.07, 6.45) is -2.38. The van der Waals surface area contributed by atoms with Crippen LogP contribution < -0.4 is 4.74 Å². The number of nitrogens with one attached hydrogen (secondary N) is 1. The maximum atomic E-state index is 12.7. The van der Waals surface area contributed by atoms with Gasteiger partial charge in [0.15, 0.2) is 0 Å². The molecule has 0 fully saturated rings. The maximum Gasteiger partial charge on any atom is 0.416 e. The molecule has 0 atom stereocenters. The third-order valence-corrected chi connectivity index (χ3v) is 5.76.